The molecule has 0 aromatic heterocycles. The molecular weight excluding hydrogens is 103 g/mol. The highest BCUT2D eigenvalue weighted by atomic mass is 19.1. The van der Waals surface area contributed by atoms with Crippen molar-refractivity contribution >= 4 is 0 Å². The van der Waals surface area contributed by atoms with Gasteiger partial charge in [-0.2, -0.15) is 0 Å². The van der Waals surface area contributed by atoms with Gasteiger partial charge in [-0.1, -0.05) is 26.0 Å². The lowest BCUT2D eigenvalue weighted by molar-refractivity contribution is 0.558. The predicted molar refractivity (Wildman–Crippen MR) is 34.6 cm³/mol. The van der Waals surface area contributed by atoms with E-state index < -0.39 is 0 Å². The highest BCUT2D eigenvalue weighted by Crippen LogP contribution is 1.98. The van der Waals surface area contributed by atoms with Crippen molar-refractivity contribution in [2.45, 2.75) is 20.3 Å². The minimum absolute atomic E-state index is 0.327. The van der Waals surface area contributed by atoms with Gasteiger partial charge in [-0.15, -0.1) is 0 Å². The molecule has 0 aromatic rings. The van der Waals surface area contributed by atoms with Crippen molar-refractivity contribution in [2.75, 3.05) is 6.67 Å². The molecule has 0 nitrogen and oxygen atoms in total. The highest BCUT2D eigenvalue weighted by molar-refractivity contribution is 4.81. The Labute approximate surface area is 50.4 Å². The maximum atomic E-state index is 11.4. The second-order valence-corrected chi connectivity index (χ2v) is 2.26. The lowest BCUT2D eigenvalue weighted by Gasteiger charge is -1.94. The van der Waals surface area contributed by atoms with Crippen LogP contribution in [-0.2, 0) is 0 Å². The third kappa shape index (κ3) is 5.67. The summed E-state index contributed by atoms with van der Waals surface area (Å²) < 4.78 is 11.4. The maximum absolute atomic E-state index is 11.4. The summed E-state index contributed by atoms with van der Waals surface area (Å²) in [6, 6.07) is 0. The molecule has 0 saturated heterocycles. The Bertz CT molecular complexity index is 64.8. The molecule has 0 aliphatic heterocycles. The van der Waals surface area contributed by atoms with Gasteiger partial charge in [-0.05, 0) is 12.3 Å². The summed E-state index contributed by atoms with van der Waals surface area (Å²) in [5.74, 6) is 0.651. The van der Waals surface area contributed by atoms with Gasteiger partial charge in [0.05, 0.1) is 0 Å². The van der Waals surface area contributed by atoms with Gasteiger partial charge in [0.15, 0.2) is 0 Å². The van der Waals surface area contributed by atoms with Gasteiger partial charge in [0.1, 0.15) is 6.67 Å². The first kappa shape index (κ1) is 7.67. The fourth-order valence-corrected chi connectivity index (χ4v) is 0.431. The van der Waals surface area contributed by atoms with E-state index in [-0.39, 0.29) is 6.67 Å². The number of rotatable bonds is 3. The summed E-state index contributed by atoms with van der Waals surface area (Å²) in [6.07, 6.45) is 4.43. The van der Waals surface area contributed by atoms with Gasteiger partial charge in [-0.3, -0.25) is 0 Å². The Morgan fingerprint density at radius 2 is 2.00 bits per heavy atom. The molecule has 0 spiro atoms. The molecule has 0 radical (unpaired) electrons. The van der Waals surface area contributed by atoms with Crippen molar-refractivity contribution < 1.29 is 4.39 Å². The molecule has 0 saturated carbocycles. The monoisotopic (exact) mass is 116 g/mol. The number of halogens is 1. The molecule has 8 heavy (non-hydrogen) atoms. The molecule has 0 aliphatic carbocycles. The molecule has 0 aliphatic rings. The van der Waals surface area contributed by atoms with E-state index >= 15 is 0 Å². The summed E-state index contributed by atoms with van der Waals surface area (Å²) in [4.78, 5) is 0. The minimum atomic E-state index is -0.327. The van der Waals surface area contributed by atoms with Crippen LogP contribution >= 0.6 is 0 Å². The molecule has 0 rings (SSSR count). The first-order chi connectivity index (χ1) is 3.77. The van der Waals surface area contributed by atoms with E-state index in [9.17, 15) is 4.39 Å². The van der Waals surface area contributed by atoms with Crippen molar-refractivity contribution in [3.8, 4) is 0 Å². The Hall–Kier alpha value is -0.330. The van der Waals surface area contributed by atoms with E-state index in [4.69, 9.17) is 0 Å². The van der Waals surface area contributed by atoms with Crippen molar-refractivity contribution in [3.63, 3.8) is 0 Å². The molecule has 1 heteroatoms. The average Bonchev–Trinajstić information content (AvgIpc) is 1.66. The molecule has 0 heterocycles. The zero-order chi connectivity index (χ0) is 6.41. The van der Waals surface area contributed by atoms with Crippen LogP contribution in [0.3, 0.4) is 0 Å². The maximum Gasteiger partial charge on any atom is 0.108 e. The van der Waals surface area contributed by atoms with E-state index in [1.807, 2.05) is 6.08 Å². The van der Waals surface area contributed by atoms with E-state index in [1.54, 1.807) is 6.08 Å². The first-order valence-electron chi connectivity index (χ1n) is 2.98. The molecule has 0 atom stereocenters. The van der Waals surface area contributed by atoms with Crippen molar-refractivity contribution in [1.29, 1.82) is 0 Å². The third-order valence-electron chi connectivity index (χ3n) is 0.863. The van der Waals surface area contributed by atoms with Gasteiger partial charge < -0.3 is 0 Å². The topological polar surface area (TPSA) is 0 Å². The number of hydrogen-bond acceptors (Lipinski definition) is 0. The molecule has 0 unspecified atom stereocenters. The molecule has 0 bridgehead atoms. The fraction of sp³-hybridized carbons (Fsp3) is 0.714. The molecule has 0 N–H and O–H groups in total. The van der Waals surface area contributed by atoms with Crippen LogP contribution in [0.4, 0.5) is 4.39 Å². The van der Waals surface area contributed by atoms with Crippen LogP contribution in [0.1, 0.15) is 20.3 Å². The van der Waals surface area contributed by atoms with E-state index in [0.717, 1.165) is 6.42 Å². The second kappa shape index (κ2) is 4.82. The lowest BCUT2D eigenvalue weighted by Crippen LogP contribution is -1.80. The number of hydrogen-bond donors (Lipinski definition) is 0. The number of allylic oxidation sites excluding steroid dienone is 2. The van der Waals surface area contributed by atoms with Crippen LogP contribution in [-0.4, -0.2) is 6.67 Å². The Balaban J connectivity index is 3.03. The van der Waals surface area contributed by atoms with E-state index in [0.29, 0.717) is 5.92 Å². The first-order valence-corrected chi connectivity index (χ1v) is 2.98. The summed E-state index contributed by atoms with van der Waals surface area (Å²) in [6.45, 7) is 3.90. The standard InChI is InChI=1S/C7H13F/c1-7(2)5-3-4-6-8/h3-4,7H,5-6H2,1-2H3/b4-3+. The second-order valence-electron chi connectivity index (χ2n) is 2.26. The largest absolute Gasteiger partial charge is 0.247 e. The van der Waals surface area contributed by atoms with Gasteiger partial charge in [0.25, 0.3) is 0 Å². The van der Waals surface area contributed by atoms with Gasteiger partial charge in [0, 0.05) is 0 Å². The Morgan fingerprint density at radius 3 is 2.38 bits per heavy atom. The van der Waals surface area contributed by atoms with Crippen molar-refractivity contribution in [1.82, 2.24) is 0 Å². The molecule has 0 amide bonds. The SMILES string of the molecule is CC(C)C/C=C/CF. The molecule has 0 fully saturated rings. The molecular formula is C7H13F. The summed E-state index contributed by atoms with van der Waals surface area (Å²) in [7, 11) is 0. The number of alkyl halides is 1. The summed E-state index contributed by atoms with van der Waals surface area (Å²) >= 11 is 0. The fourth-order valence-electron chi connectivity index (χ4n) is 0.431. The van der Waals surface area contributed by atoms with Gasteiger partial charge >= 0.3 is 0 Å². The highest BCUT2D eigenvalue weighted by Gasteiger charge is 1.85. The smallest absolute Gasteiger partial charge is 0.108 e. The average molecular weight is 116 g/mol. The minimum Gasteiger partial charge on any atom is -0.247 e. The summed E-state index contributed by atoms with van der Waals surface area (Å²) in [5, 5.41) is 0. The van der Waals surface area contributed by atoms with Crippen LogP contribution < -0.4 is 0 Å². The lowest BCUT2D eigenvalue weighted by atomic mass is 10.1. The van der Waals surface area contributed by atoms with Crippen LogP contribution in [0.15, 0.2) is 12.2 Å². The predicted octanol–water partition coefficient (Wildman–Crippen LogP) is 2.56. The quantitative estimate of drug-likeness (QED) is 0.497. The van der Waals surface area contributed by atoms with Crippen LogP contribution in [0, 0.1) is 5.92 Å². The van der Waals surface area contributed by atoms with Crippen molar-refractivity contribution in [2.24, 2.45) is 5.92 Å². The zero-order valence-corrected chi connectivity index (χ0v) is 5.52. The van der Waals surface area contributed by atoms with Crippen molar-refractivity contribution in [3.05, 3.63) is 12.2 Å². The third-order valence-corrected chi connectivity index (χ3v) is 0.863. The normalized spacial score (nSPS) is 11.5. The van der Waals surface area contributed by atoms with E-state index in [1.165, 1.54) is 0 Å². The van der Waals surface area contributed by atoms with Gasteiger partial charge in [-0.25, -0.2) is 4.39 Å². The van der Waals surface area contributed by atoms with Crippen LogP contribution in [0.5, 0.6) is 0 Å². The van der Waals surface area contributed by atoms with Crippen LogP contribution in [0.25, 0.3) is 0 Å². The Morgan fingerprint density at radius 1 is 1.38 bits per heavy atom. The van der Waals surface area contributed by atoms with E-state index in [2.05, 4.69) is 13.8 Å². The zero-order valence-electron chi connectivity index (χ0n) is 5.52. The van der Waals surface area contributed by atoms with Gasteiger partial charge in [0.2, 0.25) is 0 Å². The van der Waals surface area contributed by atoms with Crippen LogP contribution in [0.2, 0.25) is 0 Å². The molecule has 48 valence electrons. The Kier molecular flexibility index (Phi) is 4.62. The molecule has 0 aromatic carbocycles. The summed E-state index contributed by atoms with van der Waals surface area (Å²) in [5.41, 5.74) is 0.